The smallest absolute Gasteiger partial charge is 0.259 e. The Kier molecular flexibility index (Phi) is 3.77. The van der Waals surface area contributed by atoms with Crippen molar-refractivity contribution in [2.75, 3.05) is 12.4 Å². The number of aryl methyl sites for hydroxylation is 2. The van der Waals surface area contributed by atoms with Crippen LogP contribution in [0.15, 0.2) is 53.0 Å². The second-order valence-corrected chi connectivity index (χ2v) is 6.83. The molecule has 1 amide bonds. The molecule has 24 heavy (non-hydrogen) atoms. The average molecular weight is 382 g/mol. The fourth-order valence-corrected chi connectivity index (χ4v) is 3.76. The molecular formula is C20H16BrNO2. The standard InChI is InChI=1S/C20H16BrNO2/c1-24-18-10-8-14(21)11-16(18)20(23)22-17-9-7-13-6-5-12-3-2-4-15(17)19(12)13/h2-4,7-11H,5-6H2,1H3,(H,22,23). The zero-order chi connectivity index (χ0) is 16.7. The van der Waals surface area contributed by atoms with Gasteiger partial charge in [-0.2, -0.15) is 0 Å². The Balaban J connectivity index is 1.76. The second kappa shape index (κ2) is 5.95. The third kappa shape index (κ3) is 2.47. The zero-order valence-electron chi connectivity index (χ0n) is 13.2. The van der Waals surface area contributed by atoms with Crippen molar-refractivity contribution in [1.82, 2.24) is 0 Å². The lowest BCUT2D eigenvalue weighted by molar-refractivity contribution is 0.102. The van der Waals surface area contributed by atoms with E-state index in [0.717, 1.165) is 28.4 Å². The molecule has 0 unspecified atom stereocenters. The van der Waals surface area contributed by atoms with Crippen LogP contribution < -0.4 is 10.1 Å². The Hall–Kier alpha value is -2.33. The molecule has 0 aliphatic heterocycles. The molecule has 0 spiro atoms. The number of ether oxygens (including phenoxy) is 1. The molecule has 0 heterocycles. The summed E-state index contributed by atoms with van der Waals surface area (Å²) < 4.78 is 6.15. The summed E-state index contributed by atoms with van der Waals surface area (Å²) in [4.78, 5) is 12.8. The van der Waals surface area contributed by atoms with Crippen LogP contribution in [0.5, 0.6) is 5.75 Å². The van der Waals surface area contributed by atoms with Crippen LogP contribution in [0.25, 0.3) is 10.8 Å². The topological polar surface area (TPSA) is 38.3 Å². The molecule has 0 aromatic heterocycles. The number of rotatable bonds is 3. The fourth-order valence-electron chi connectivity index (χ4n) is 3.40. The van der Waals surface area contributed by atoms with E-state index >= 15 is 0 Å². The Morgan fingerprint density at radius 3 is 2.67 bits per heavy atom. The van der Waals surface area contributed by atoms with Gasteiger partial charge in [0.25, 0.3) is 5.91 Å². The van der Waals surface area contributed by atoms with Gasteiger partial charge in [-0.1, -0.05) is 40.2 Å². The summed E-state index contributed by atoms with van der Waals surface area (Å²) in [5, 5.41) is 5.44. The van der Waals surface area contributed by atoms with Crippen molar-refractivity contribution < 1.29 is 9.53 Å². The number of halogens is 1. The predicted octanol–water partition coefficient (Wildman–Crippen LogP) is 4.96. The monoisotopic (exact) mass is 381 g/mol. The summed E-state index contributed by atoms with van der Waals surface area (Å²) in [7, 11) is 1.57. The Labute approximate surface area is 148 Å². The lowest BCUT2D eigenvalue weighted by Gasteiger charge is -2.12. The minimum Gasteiger partial charge on any atom is -0.496 e. The summed E-state index contributed by atoms with van der Waals surface area (Å²) in [6.45, 7) is 0. The molecule has 4 heteroatoms. The molecule has 0 saturated heterocycles. The fraction of sp³-hybridized carbons (Fsp3) is 0.150. The van der Waals surface area contributed by atoms with E-state index < -0.39 is 0 Å². The first kappa shape index (κ1) is 15.2. The van der Waals surface area contributed by atoms with E-state index in [-0.39, 0.29) is 5.91 Å². The number of hydrogen-bond acceptors (Lipinski definition) is 2. The molecule has 1 N–H and O–H groups in total. The van der Waals surface area contributed by atoms with Gasteiger partial charge in [-0.15, -0.1) is 0 Å². The van der Waals surface area contributed by atoms with Crippen LogP contribution in [0.3, 0.4) is 0 Å². The molecule has 0 saturated carbocycles. The van der Waals surface area contributed by atoms with Gasteiger partial charge in [0.2, 0.25) is 0 Å². The van der Waals surface area contributed by atoms with Crippen molar-refractivity contribution in [2.24, 2.45) is 0 Å². The summed E-state index contributed by atoms with van der Waals surface area (Å²) in [6, 6.07) is 15.8. The maximum absolute atomic E-state index is 12.8. The van der Waals surface area contributed by atoms with Crippen molar-refractivity contribution in [3.8, 4) is 5.75 Å². The highest BCUT2D eigenvalue weighted by atomic mass is 79.9. The van der Waals surface area contributed by atoms with Crippen LogP contribution in [-0.2, 0) is 12.8 Å². The Morgan fingerprint density at radius 1 is 1.08 bits per heavy atom. The third-order valence-corrected chi connectivity index (χ3v) is 5.02. The summed E-state index contributed by atoms with van der Waals surface area (Å²) in [5.74, 6) is 0.383. The van der Waals surface area contributed by atoms with Crippen LogP contribution in [0.4, 0.5) is 5.69 Å². The molecule has 1 aliphatic rings. The second-order valence-electron chi connectivity index (χ2n) is 5.91. The first-order chi connectivity index (χ1) is 11.7. The van der Waals surface area contributed by atoms with Crippen molar-refractivity contribution in [1.29, 1.82) is 0 Å². The maximum Gasteiger partial charge on any atom is 0.259 e. The van der Waals surface area contributed by atoms with Gasteiger partial charge in [0.15, 0.2) is 0 Å². The highest BCUT2D eigenvalue weighted by Crippen LogP contribution is 2.35. The number of carbonyl (C=O) groups excluding carboxylic acids is 1. The van der Waals surface area contributed by atoms with E-state index in [2.05, 4.69) is 45.5 Å². The lowest BCUT2D eigenvalue weighted by Crippen LogP contribution is -2.13. The first-order valence-electron chi connectivity index (χ1n) is 7.86. The number of anilines is 1. The Morgan fingerprint density at radius 2 is 1.88 bits per heavy atom. The van der Waals surface area contributed by atoms with Gasteiger partial charge in [0.1, 0.15) is 5.75 Å². The number of methoxy groups -OCH3 is 1. The largest absolute Gasteiger partial charge is 0.496 e. The van der Waals surface area contributed by atoms with Crippen LogP contribution in [-0.4, -0.2) is 13.0 Å². The van der Waals surface area contributed by atoms with E-state index in [0.29, 0.717) is 11.3 Å². The molecular weight excluding hydrogens is 366 g/mol. The maximum atomic E-state index is 12.8. The highest BCUT2D eigenvalue weighted by molar-refractivity contribution is 9.10. The molecule has 3 aromatic rings. The van der Waals surface area contributed by atoms with Crippen LogP contribution in [0.2, 0.25) is 0 Å². The molecule has 120 valence electrons. The van der Waals surface area contributed by atoms with Gasteiger partial charge >= 0.3 is 0 Å². The van der Waals surface area contributed by atoms with Gasteiger partial charge in [-0.25, -0.2) is 0 Å². The van der Waals surface area contributed by atoms with E-state index in [9.17, 15) is 4.79 Å². The van der Waals surface area contributed by atoms with Crippen molar-refractivity contribution in [3.05, 3.63) is 69.7 Å². The molecule has 3 aromatic carbocycles. The highest BCUT2D eigenvalue weighted by Gasteiger charge is 2.18. The van der Waals surface area contributed by atoms with Crippen molar-refractivity contribution in [3.63, 3.8) is 0 Å². The van der Waals surface area contributed by atoms with Gasteiger partial charge in [0, 0.05) is 15.5 Å². The molecule has 0 atom stereocenters. The molecule has 0 radical (unpaired) electrons. The van der Waals surface area contributed by atoms with Gasteiger partial charge < -0.3 is 10.1 Å². The van der Waals surface area contributed by atoms with E-state index in [1.54, 1.807) is 19.2 Å². The number of hydrogen-bond donors (Lipinski definition) is 1. The van der Waals surface area contributed by atoms with Crippen LogP contribution in [0.1, 0.15) is 21.5 Å². The lowest BCUT2D eigenvalue weighted by atomic mass is 10.0. The summed E-state index contributed by atoms with van der Waals surface area (Å²) in [6.07, 6.45) is 2.15. The number of nitrogens with one attached hydrogen (secondary N) is 1. The van der Waals surface area contributed by atoms with Gasteiger partial charge in [-0.05, 0) is 53.6 Å². The Bertz CT molecular complexity index is 955. The van der Waals surface area contributed by atoms with Crippen LogP contribution >= 0.6 is 15.9 Å². The SMILES string of the molecule is COc1ccc(Br)cc1C(=O)Nc1ccc2c3c(cccc13)CC2. The number of carbonyl (C=O) groups is 1. The minimum absolute atomic E-state index is 0.174. The zero-order valence-corrected chi connectivity index (χ0v) is 14.8. The predicted molar refractivity (Wildman–Crippen MR) is 100 cm³/mol. The molecule has 1 aliphatic carbocycles. The van der Waals surface area contributed by atoms with Gasteiger partial charge in [0.05, 0.1) is 12.7 Å². The molecule has 0 bridgehead atoms. The first-order valence-corrected chi connectivity index (χ1v) is 8.65. The summed E-state index contributed by atoms with van der Waals surface area (Å²) in [5.41, 5.74) is 4.07. The molecule has 3 nitrogen and oxygen atoms in total. The minimum atomic E-state index is -0.174. The normalized spacial score (nSPS) is 12.4. The van der Waals surface area contributed by atoms with Crippen molar-refractivity contribution in [2.45, 2.75) is 12.8 Å². The van der Waals surface area contributed by atoms with E-state index in [1.807, 2.05) is 12.1 Å². The van der Waals surface area contributed by atoms with E-state index in [1.165, 1.54) is 16.5 Å². The van der Waals surface area contributed by atoms with Gasteiger partial charge in [-0.3, -0.25) is 4.79 Å². The average Bonchev–Trinajstić information content (AvgIpc) is 3.02. The quantitative estimate of drug-likeness (QED) is 0.695. The number of amides is 1. The molecule has 0 fully saturated rings. The van der Waals surface area contributed by atoms with E-state index in [4.69, 9.17) is 4.74 Å². The third-order valence-electron chi connectivity index (χ3n) is 4.53. The van der Waals surface area contributed by atoms with Crippen LogP contribution in [0, 0.1) is 0 Å². The molecule has 4 rings (SSSR count). The van der Waals surface area contributed by atoms with Crippen molar-refractivity contribution >= 4 is 38.3 Å². The summed E-state index contributed by atoms with van der Waals surface area (Å²) >= 11 is 3.41. The number of benzene rings is 3.